The fourth-order valence-electron chi connectivity index (χ4n) is 1.54. The molecule has 1 aliphatic heterocycles. The maximum atomic E-state index is 5.76. The second kappa shape index (κ2) is 2.25. The van der Waals surface area contributed by atoms with Gasteiger partial charge in [-0.3, -0.25) is 0 Å². The predicted molar refractivity (Wildman–Crippen MR) is 46.3 cm³/mol. The number of fused-ring (bicyclic) bond motifs is 1. The minimum absolute atomic E-state index is 0.0759. The molecule has 0 saturated heterocycles. The predicted octanol–water partition coefficient (Wildman–Crippen LogP) is 1.62. The summed E-state index contributed by atoms with van der Waals surface area (Å²) < 4.78 is 7.70. The number of hydrogen-bond donors (Lipinski definition) is 0. The zero-order valence-electron chi connectivity index (χ0n) is 7.79. The van der Waals surface area contributed by atoms with E-state index in [-0.39, 0.29) is 5.60 Å². The van der Waals surface area contributed by atoms with Gasteiger partial charge in [-0.05, 0) is 20.3 Å². The summed E-state index contributed by atoms with van der Waals surface area (Å²) >= 11 is 0. The summed E-state index contributed by atoms with van der Waals surface area (Å²) in [6, 6.07) is 0. The van der Waals surface area contributed by atoms with Crippen LogP contribution in [0.4, 0.5) is 0 Å². The molecule has 3 nitrogen and oxygen atoms in total. The monoisotopic (exact) mass is 166 g/mol. The Balaban J connectivity index is 2.37. The van der Waals surface area contributed by atoms with Crippen LogP contribution in [-0.4, -0.2) is 15.4 Å². The van der Waals surface area contributed by atoms with Gasteiger partial charge in [0.2, 0.25) is 5.88 Å². The molecule has 66 valence electrons. The fourth-order valence-corrected chi connectivity index (χ4v) is 1.54. The van der Waals surface area contributed by atoms with Crippen LogP contribution in [0.15, 0.2) is 6.20 Å². The summed E-state index contributed by atoms with van der Waals surface area (Å²) in [6.07, 6.45) is 2.88. The molecule has 0 radical (unpaired) electrons. The first-order chi connectivity index (χ1) is 5.62. The van der Waals surface area contributed by atoms with Crippen LogP contribution in [0, 0.1) is 0 Å². The molecular formula is C9H14N2O. The molecule has 2 heterocycles. The Morgan fingerprint density at radius 1 is 1.67 bits per heavy atom. The first kappa shape index (κ1) is 7.65. The Morgan fingerprint density at radius 2 is 2.42 bits per heavy atom. The smallest absolute Gasteiger partial charge is 0.215 e. The Morgan fingerprint density at radius 3 is 3.08 bits per heavy atom. The lowest BCUT2D eigenvalue weighted by molar-refractivity contribution is 0.134. The molecule has 2 rings (SSSR count). The van der Waals surface area contributed by atoms with Gasteiger partial charge in [0.1, 0.15) is 5.60 Å². The Bertz CT molecular complexity index is 301. The first-order valence-corrected chi connectivity index (χ1v) is 4.36. The van der Waals surface area contributed by atoms with E-state index in [9.17, 15) is 0 Å². The normalized spacial score (nSPS) is 18.9. The summed E-state index contributed by atoms with van der Waals surface area (Å²) in [5.41, 5.74) is 1.13. The largest absolute Gasteiger partial charge is 0.470 e. The zero-order chi connectivity index (χ0) is 8.77. The standard InChI is InChI=1S/C9H14N2O/c1-4-7-5-10-11-6-9(2,3)12-8(7)11/h5H,4,6H2,1-3H3. The number of ether oxygens (including phenoxy) is 1. The number of hydrogen-bond acceptors (Lipinski definition) is 2. The van der Waals surface area contributed by atoms with E-state index < -0.39 is 0 Å². The number of aromatic nitrogens is 2. The molecule has 0 unspecified atom stereocenters. The molecule has 0 amide bonds. The molecule has 3 heteroatoms. The quantitative estimate of drug-likeness (QED) is 0.633. The molecule has 1 aliphatic rings. The highest BCUT2D eigenvalue weighted by Crippen LogP contribution is 2.31. The van der Waals surface area contributed by atoms with Gasteiger partial charge in [0, 0.05) is 5.56 Å². The van der Waals surface area contributed by atoms with Gasteiger partial charge < -0.3 is 4.74 Å². The maximum absolute atomic E-state index is 5.76. The molecule has 1 aromatic rings. The average molecular weight is 166 g/mol. The van der Waals surface area contributed by atoms with E-state index in [0.29, 0.717) is 0 Å². The molecule has 0 bridgehead atoms. The Kier molecular flexibility index (Phi) is 1.43. The zero-order valence-corrected chi connectivity index (χ0v) is 7.79. The third kappa shape index (κ3) is 1.00. The van der Waals surface area contributed by atoms with Gasteiger partial charge in [-0.15, -0.1) is 0 Å². The first-order valence-electron chi connectivity index (χ1n) is 4.36. The summed E-state index contributed by atoms with van der Waals surface area (Å²) in [5, 5.41) is 4.25. The lowest BCUT2D eigenvalue weighted by Crippen LogP contribution is -2.26. The van der Waals surface area contributed by atoms with Crippen LogP contribution < -0.4 is 4.74 Å². The minimum atomic E-state index is -0.0759. The molecule has 0 aliphatic carbocycles. The van der Waals surface area contributed by atoms with Gasteiger partial charge in [-0.1, -0.05) is 6.92 Å². The van der Waals surface area contributed by atoms with Crippen LogP contribution in [0.5, 0.6) is 5.88 Å². The van der Waals surface area contributed by atoms with Gasteiger partial charge in [0.15, 0.2) is 0 Å². The van der Waals surface area contributed by atoms with Gasteiger partial charge in [0.05, 0.1) is 12.7 Å². The van der Waals surface area contributed by atoms with Crippen molar-refractivity contribution in [3.8, 4) is 5.88 Å². The van der Waals surface area contributed by atoms with E-state index in [1.165, 1.54) is 5.56 Å². The van der Waals surface area contributed by atoms with Crippen molar-refractivity contribution in [1.82, 2.24) is 9.78 Å². The highest BCUT2D eigenvalue weighted by Gasteiger charge is 2.32. The van der Waals surface area contributed by atoms with E-state index in [2.05, 4.69) is 25.9 Å². The molecule has 0 saturated carbocycles. The van der Waals surface area contributed by atoms with Gasteiger partial charge >= 0.3 is 0 Å². The molecule has 0 spiro atoms. The van der Waals surface area contributed by atoms with Crippen LogP contribution >= 0.6 is 0 Å². The molecule has 1 aromatic heterocycles. The third-order valence-corrected chi connectivity index (χ3v) is 2.15. The molecule has 12 heavy (non-hydrogen) atoms. The van der Waals surface area contributed by atoms with Crippen LogP contribution in [0.2, 0.25) is 0 Å². The maximum Gasteiger partial charge on any atom is 0.215 e. The van der Waals surface area contributed by atoms with E-state index in [0.717, 1.165) is 18.8 Å². The van der Waals surface area contributed by atoms with Gasteiger partial charge in [0.25, 0.3) is 0 Å². The molecular weight excluding hydrogens is 152 g/mol. The van der Waals surface area contributed by atoms with Gasteiger partial charge in [-0.2, -0.15) is 5.10 Å². The topological polar surface area (TPSA) is 27.1 Å². The van der Waals surface area contributed by atoms with Crippen molar-refractivity contribution in [1.29, 1.82) is 0 Å². The highest BCUT2D eigenvalue weighted by atomic mass is 16.5. The third-order valence-electron chi connectivity index (χ3n) is 2.15. The summed E-state index contributed by atoms with van der Waals surface area (Å²) in [6.45, 7) is 7.15. The number of rotatable bonds is 1. The van der Waals surface area contributed by atoms with E-state index in [1.54, 1.807) is 0 Å². The lowest BCUT2D eigenvalue weighted by Gasteiger charge is -2.15. The molecule has 0 N–H and O–H groups in total. The van der Waals surface area contributed by atoms with Crippen LogP contribution in [0.1, 0.15) is 26.3 Å². The van der Waals surface area contributed by atoms with Crippen molar-refractivity contribution < 1.29 is 4.74 Å². The van der Waals surface area contributed by atoms with Gasteiger partial charge in [-0.25, -0.2) is 4.68 Å². The Labute approximate surface area is 72.3 Å². The van der Waals surface area contributed by atoms with E-state index in [1.807, 2.05) is 10.9 Å². The molecule has 0 aromatic carbocycles. The summed E-state index contributed by atoms with van der Waals surface area (Å²) in [4.78, 5) is 0. The Hall–Kier alpha value is -0.990. The molecule has 0 fully saturated rings. The van der Waals surface area contributed by atoms with Crippen LogP contribution in [0.3, 0.4) is 0 Å². The van der Waals surface area contributed by atoms with Crippen molar-refractivity contribution in [3.63, 3.8) is 0 Å². The second-order valence-electron chi connectivity index (χ2n) is 3.85. The fraction of sp³-hybridized carbons (Fsp3) is 0.667. The van der Waals surface area contributed by atoms with Crippen molar-refractivity contribution in [2.45, 2.75) is 39.3 Å². The van der Waals surface area contributed by atoms with Crippen LogP contribution in [-0.2, 0) is 13.0 Å². The summed E-state index contributed by atoms with van der Waals surface area (Å²) in [7, 11) is 0. The summed E-state index contributed by atoms with van der Waals surface area (Å²) in [5.74, 6) is 0.961. The minimum Gasteiger partial charge on any atom is -0.470 e. The van der Waals surface area contributed by atoms with Crippen molar-refractivity contribution >= 4 is 0 Å². The SMILES string of the molecule is CCc1cnn2c1OC(C)(C)C2. The van der Waals surface area contributed by atoms with E-state index >= 15 is 0 Å². The number of aryl methyl sites for hydroxylation is 1. The van der Waals surface area contributed by atoms with Crippen molar-refractivity contribution in [3.05, 3.63) is 11.8 Å². The van der Waals surface area contributed by atoms with Crippen molar-refractivity contribution in [2.75, 3.05) is 0 Å². The molecule has 0 atom stereocenters. The highest BCUT2D eigenvalue weighted by molar-refractivity contribution is 5.27. The average Bonchev–Trinajstić information content (AvgIpc) is 2.42. The number of nitrogens with zero attached hydrogens (tertiary/aromatic N) is 2. The van der Waals surface area contributed by atoms with Crippen molar-refractivity contribution in [2.24, 2.45) is 0 Å². The lowest BCUT2D eigenvalue weighted by atomic mass is 10.1. The van der Waals surface area contributed by atoms with E-state index in [4.69, 9.17) is 4.74 Å². The van der Waals surface area contributed by atoms with Crippen LogP contribution in [0.25, 0.3) is 0 Å². The second-order valence-corrected chi connectivity index (χ2v) is 3.85.